The highest BCUT2D eigenvalue weighted by Gasteiger charge is 2.27. The molecule has 3 amide bonds. The molecule has 0 spiro atoms. The summed E-state index contributed by atoms with van der Waals surface area (Å²) >= 11 is 0. The molecule has 1 atom stereocenters. The van der Waals surface area contributed by atoms with Crippen molar-refractivity contribution in [1.29, 1.82) is 0 Å². The molecule has 0 saturated carbocycles. The van der Waals surface area contributed by atoms with Gasteiger partial charge in [0.1, 0.15) is 6.61 Å². The Labute approximate surface area is 159 Å². The Bertz CT molecular complexity index is 787. The minimum absolute atomic E-state index is 0.0188. The van der Waals surface area contributed by atoms with Crippen LogP contribution in [0.15, 0.2) is 48.5 Å². The van der Waals surface area contributed by atoms with Crippen LogP contribution in [0.3, 0.4) is 0 Å². The molecule has 0 radical (unpaired) electrons. The molecule has 6 heteroatoms. The molecule has 1 aliphatic rings. The SMILES string of the molecule is Cc1cc(C)cc(N2CC(CNC(=O)NCc3ccccc3)OCC2=O)c1. The first-order valence-corrected chi connectivity index (χ1v) is 9.07. The van der Waals surface area contributed by atoms with Crippen LogP contribution in [0.2, 0.25) is 0 Å². The molecule has 3 rings (SSSR count). The second kappa shape index (κ2) is 8.68. The number of rotatable bonds is 5. The second-order valence-corrected chi connectivity index (χ2v) is 6.83. The molecule has 0 bridgehead atoms. The maximum atomic E-state index is 12.3. The van der Waals surface area contributed by atoms with Crippen molar-refractivity contribution < 1.29 is 14.3 Å². The summed E-state index contributed by atoms with van der Waals surface area (Å²) in [7, 11) is 0. The number of carbonyl (C=O) groups is 2. The Morgan fingerprint density at radius 3 is 2.52 bits per heavy atom. The van der Waals surface area contributed by atoms with Crippen LogP contribution >= 0.6 is 0 Å². The Morgan fingerprint density at radius 1 is 1.11 bits per heavy atom. The number of hydrogen-bond donors (Lipinski definition) is 2. The number of nitrogens with zero attached hydrogens (tertiary/aromatic N) is 1. The summed E-state index contributed by atoms with van der Waals surface area (Å²) in [6, 6.07) is 15.5. The van der Waals surface area contributed by atoms with Crippen molar-refractivity contribution in [3.63, 3.8) is 0 Å². The number of amides is 3. The third kappa shape index (κ3) is 5.31. The molecule has 0 aromatic heterocycles. The van der Waals surface area contributed by atoms with Gasteiger partial charge in [0.2, 0.25) is 0 Å². The number of hydrogen-bond acceptors (Lipinski definition) is 3. The number of ether oxygens (including phenoxy) is 1. The first-order chi connectivity index (χ1) is 13.0. The fraction of sp³-hybridized carbons (Fsp3) is 0.333. The summed E-state index contributed by atoms with van der Waals surface area (Å²) in [5, 5.41) is 5.64. The Balaban J connectivity index is 1.52. The summed E-state index contributed by atoms with van der Waals surface area (Å²) < 4.78 is 5.58. The summed E-state index contributed by atoms with van der Waals surface area (Å²) in [4.78, 5) is 26.0. The van der Waals surface area contributed by atoms with Crippen molar-refractivity contribution in [1.82, 2.24) is 10.6 Å². The topological polar surface area (TPSA) is 70.7 Å². The molecule has 1 aliphatic heterocycles. The van der Waals surface area contributed by atoms with Crippen LogP contribution in [0, 0.1) is 13.8 Å². The van der Waals surface area contributed by atoms with E-state index in [9.17, 15) is 9.59 Å². The average Bonchev–Trinajstić information content (AvgIpc) is 2.65. The predicted molar refractivity (Wildman–Crippen MR) is 105 cm³/mol. The number of benzene rings is 2. The summed E-state index contributed by atoms with van der Waals surface area (Å²) in [5.41, 5.74) is 4.13. The average molecular weight is 367 g/mol. The van der Waals surface area contributed by atoms with Crippen molar-refractivity contribution in [3.8, 4) is 0 Å². The van der Waals surface area contributed by atoms with Crippen molar-refractivity contribution in [2.24, 2.45) is 0 Å². The Kier molecular flexibility index (Phi) is 6.08. The summed E-state index contributed by atoms with van der Waals surface area (Å²) in [6.45, 7) is 5.27. The van der Waals surface area contributed by atoms with E-state index in [4.69, 9.17) is 4.74 Å². The number of nitrogens with one attached hydrogen (secondary N) is 2. The fourth-order valence-electron chi connectivity index (χ4n) is 3.15. The molecule has 142 valence electrons. The highest BCUT2D eigenvalue weighted by atomic mass is 16.5. The van der Waals surface area contributed by atoms with Crippen molar-refractivity contribution in [3.05, 3.63) is 65.2 Å². The molecular weight excluding hydrogens is 342 g/mol. The Hall–Kier alpha value is -2.86. The van der Waals surface area contributed by atoms with Gasteiger partial charge in [-0.05, 0) is 42.7 Å². The van der Waals surface area contributed by atoms with E-state index in [1.165, 1.54) is 0 Å². The molecule has 1 saturated heterocycles. The third-order valence-electron chi connectivity index (χ3n) is 4.43. The number of urea groups is 1. The van der Waals surface area contributed by atoms with Crippen LogP contribution in [-0.2, 0) is 16.1 Å². The van der Waals surface area contributed by atoms with E-state index in [0.29, 0.717) is 19.6 Å². The lowest BCUT2D eigenvalue weighted by atomic mass is 10.1. The second-order valence-electron chi connectivity index (χ2n) is 6.83. The van der Waals surface area contributed by atoms with Crippen LogP contribution < -0.4 is 15.5 Å². The first-order valence-electron chi connectivity index (χ1n) is 9.07. The van der Waals surface area contributed by atoms with Crippen molar-refractivity contribution in [2.45, 2.75) is 26.5 Å². The highest BCUT2D eigenvalue weighted by molar-refractivity contribution is 5.95. The quantitative estimate of drug-likeness (QED) is 0.853. The smallest absolute Gasteiger partial charge is 0.315 e. The molecule has 27 heavy (non-hydrogen) atoms. The van der Waals surface area contributed by atoms with Gasteiger partial charge in [0.05, 0.1) is 12.6 Å². The zero-order valence-corrected chi connectivity index (χ0v) is 15.7. The molecule has 0 aliphatic carbocycles. The summed E-state index contributed by atoms with van der Waals surface area (Å²) in [5.74, 6) is -0.0650. The molecular formula is C21H25N3O3. The van der Waals surface area contributed by atoms with E-state index >= 15 is 0 Å². The van der Waals surface area contributed by atoms with Gasteiger partial charge in [-0.2, -0.15) is 0 Å². The van der Waals surface area contributed by atoms with Gasteiger partial charge in [-0.3, -0.25) is 4.79 Å². The number of aryl methyl sites for hydroxylation is 2. The molecule has 1 fully saturated rings. The minimum atomic E-state index is -0.252. The van der Waals surface area contributed by atoms with Gasteiger partial charge in [-0.1, -0.05) is 36.4 Å². The van der Waals surface area contributed by atoms with Crippen LogP contribution in [0.4, 0.5) is 10.5 Å². The van der Waals surface area contributed by atoms with Crippen LogP contribution in [0.5, 0.6) is 0 Å². The standard InChI is InChI=1S/C21H25N3O3/c1-15-8-16(2)10-18(9-15)24-13-19(27-14-20(24)25)12-23-21(26)22-11-17-6-4-3-5-7-17/h3-10,19H,11-14H2,1-2H3,(H2,22,23,26). The maximum absolute atomic E-state index is 12.3. The Morgan fingerprint density at radius 2 is 1.81 bits per heavy atom. The fourth-order valence-corrected chi connectivity index (χ4v) is 3.15. The highest BCUT2D eigenvalue weighted by Crippen LogP contribution is 2.21. The van der Waals surface area contributed by atoms with E-state index in [1.54, 1.807) is 4.90 Å². The first kappa shape index (κ1) is 18.9. The number of anilines is 1. The minimum Gasteiger partial charge on any atom is -0.365 e. The lowest BCUT2D eigenvalue weighted by molar-refractivity contribution is -0.129. The van der Waals surface area contributed by atoms with Crippen molar-refractivity contribution >= 4 is 17.6 Å². The third-order valence-corrected chi connectivity index (χ3v) is 4.43. The molecule has 1 heterocycles. The maximum Gasteiger partial charge on any atom is 0.315 e. The van der Waals surface area contributed by atoms with Crippen molar-refractivity contribution in [2.75, 3.05) is 24.6 Å². The zero-order valence-electron chi connectivity index (χ0n) is 15.7. The van der Waals surface area contributed by atoms with E-state index in [-0.39, 0.29) is 24.6 Å². The largest absolute Gasteiger partial charge is 0.365 e. The normalized spacial score (nSPS) is 16.9. The van der Waals surface area contributed by atoms with E-state index in [2.05, 4.69) is 16.7 Å². The molecule has 6 nitrogen and oxygen atoms in total. The van der Waals surface area contributed by atoms with Gasteiger partial charge >= 0.3 is 6.03 Å². The van der Waals surface area contributed by atoms with E-state index in [0.717, 1.165) is 22.4 Å². The van der Waals surface area contributed by atoms with Gasteiger partial charge in [0.15, 0.2) is 0 Å². The predicted octanol–water partition coefficient (Wildman–Crippen LogP) is 2.53. The molecule has 1 unspecified atom stereocenters. The molecule has 2 N–H and O–H groups in total. The van der Waals surface area contributed by atoms with Gasteiger partial charge in [0, 0.05) is 18.8 Å². The monoisotopic (exact) mass is 367 g/mol. The lowest BCUT2D eigenvalue weighted by Gasteiger charge is -2.33. The van der Waals surface area contributed by atoms with Crippen LogP contribution in [0.1, 0.15) is 16.7 Å². The summed E-state index contributed by atoms with van der Waals surface area (Å²) in [6.07, 6.45) is -0.244. The van der Waals surface area contributed by atoms with Gasteiger partial charge in [-0.15, -0.1) is 0 Å². The lowest BCUT2D eigenvalue weighted by Crippen LogP contribution is -2.51. The number of morpholine rings is 1. The number of carbonyl (C=O) groups excluding carboxylic acids is 2. The van der Waals surface area contributed by atoms with Gasteiger partial charge < -0.3 is 20.3 Å². The van der Waals surface area contributed by atoms with Crippen LogP contribution in [0.25, 0.3) is 0 Å². The molecule has 2 aromatic carbocycles. The van der Waals surface area contributed by atoms with Gasteiger partial charge in [-0.25, -0.2) is 4.79 Å². The van der Waals surface area contributed by atoms with Gasteiger partial charge in [0.25, 0.3) is 5.91 Å². The van der Waals surface area contributed by atoms with E-state index in [1.807, 2.05) is 56.3 Å². The zero-order chi connectivity index (χ0) is 19.2. The molecule has 2 aromatic rings. The van der Waals surface area contributed by atoms with Crippen LogP contribution in [-0.4, -0.2) is 37.7 Å². The van der Waals surface area contributed by atoms with E-state index < -0.39 is 0 Å².